The fourth-order valence-corrected chi connectivity index (χ4v) is 0.717. The third kappa shape index (κ3) is 5.69. The first kappa shape index (κ1) is 10.3. The van der Waals surface area contributed by atoms with Gasteiger partial charge in [0.1, 0.15) is 0 Å². The van der Waals surface area contributed by atoms with E-state index in [1.54, 1.807) is 5.34 Å². The standard InChI is InChI=1S/C6H12F2N2O/c1-2-3-4-6(7)5-10(11)9-8/h6H,2-5H2,1H3. The summed E-state index contributed by atoms with van der Waals surface area (Å²) in [5.41, 5.74) is 0. The van der Waals surface area contributed by atoms with E-state index in [9.17, 15) is 14.1 Å². The van der Waals surface area contributed by atoms with Crippen LogP contribution < -0.4 is 0 Å². The minimum absolute atomic E-state index is 0.277. The van der Waals surface area contributed by atoms with E-state index < -0.39 is 12.7 Å². The van der Waals surface area contributed by atoms with Gasteiger partial charge in [0.2, 0.25) is 6.54 Å². The Labute approximate surface area is 64.2 Å². The van der Waals surface area contributed by atoms with Crippen LogP contribution in [0.25, 0.3) is 0 Å². The van der Waals surface area contributed by atoms with Crippen molar-refractivity contribution in [1.29, 1.82) is 0 Å². The van der Waals surface area contributed by atoms with E-state index in [-0.39, 0.29) is 4.86 Å². The van der Waals surface area contributed by atoms with Crippen LogP contribution >= 0.6 is 0 Å². The van der Waals surface area contributed by atoms with E-state index in [4.69, 9.17) is 0 Å². The molecular formula is C6H12F2N2O. The molecule has 0 heterocycles. The molecule has 0 aromatic heterocycles. The Kier molecular flexibility index (Phi) is 5.60. The summed E-state index contributed by atoms with van der Waals surface area (Å²) in [6.07, 6.45) is 0.602. The SMILES string of the molecule is CCCCC(F)C[N+]([O-])=NF. The van der Waals surface area contributed by atoms with E-state index >= 15 is 0 Å². The zero-order chi connectivity index (χ0) is 8.69. The lowest BCUT2D eigenvalue weighted by Gasteiger charge is -2.03. The Morgan fingerprint density at radius 2 is 2.27 bits per heavy atom. The van der Waals surface area contributed by atoms with Gasteiger partial charge in [-0.3, -0.25) is 0 Å². The van der Waals surface area contributed by atoms with Gasteiger partial charge in [-0.05, 0) is 10.9 Å². The highest BCUT2D eigenvalue weighted by Gasteiger charge is 2.11. The van der Waals surface area contributed by atoms with Gasteiger partial charge >= 0.3 is 0 Å². The highest BCUT2D eigenvalue weighted by atomic mass is 19.2. The van der Waals surface area contributed by atoms with Gasteiger partial charge in [-0.25, -0.2) is 4.39 Å². The molecule has 1 unspecified atom stereocenters. The maximum atomic E-state index is 12.6. The number of halogens is 2. The average molecular weight is 166 g/mol. The molecule has 0 fully saturated rings. The van der Waals surface area contributed by atoms with Crippen molar-refractivity contribution < 1.29 is 13.7 Å². The van der Waals surface area contributed by atoms with Gasteiger partial charge in [-0.2, -0.15) is 0 Å². The molecule has 0 aliphatic heterocycles. The first-order valence-electron chi connectivity index (χ1n) is 3.61. The maximum Gasteiger partial charge on any atom is 0.214 e. The van der Waals surface area contributed by atoms with E-state index in [2.05, 4.69) is 0 Å². The lowest BCUT2D eigenvalue weighted by molar-refractivity contribution is -0.552. The average Bonchev–Trinajstić information content (AvgIpc) is 2.00. The molecule has 1 atom stereocenters. The highest BCUT2D eigenvalue weighted by Crippen LogP contribution is 2.04. The number of nitrogens with zero attached hydrogens (tertiary/aromatic N) is 2. The van der Waals surface area contributed by atoms with Crippen molar-refractivity contribution in [3.63, 3.8) is 0 Å². The van der Waals surface area contributed by atoms with Gasteiger partial charge in [0.05, 0.1) is 0 Å². The molecule has 0 saturated heterocycles. The van der Waals surface area contributed by atoms with Crippen molar-refractivity contribution >= 4 is 0 Å². The fraction of sp³-hybridized carbons (Fsp3) is 1.00. The molecule has 5 heteroatoms. The van der Waals surface area contributed by atoms with E-state index in [0.29, 0.717) is 12.8 Å². The Balaban J connectivity index is 3.43. The highest BCUT2D eigenvalue weighted by molar-refractivity contribution is 4.52. The Morgan fingerprint density at radius 1 is 1.64 bits per heavy atom. The molecular weight excluding hydrogens is 154 g/mol. The molecule has 0 rings (SSSR count). The van der Waals surface area contributed by atoms with Crippen molar-refractivity contribution in [3.05, 3.63) is 5.21 Å². The number of unbranched alkanes of at least 4 members (excludes halogenated alkanes) is 1. The molecule has 0 radical (unpaired) electrons. The summed E-state index contributed by atoms with van der Waals surface area (Å²) >= 11 is 0. The molecule has 3 nitrogen and oxygen atoms in total. The summed E-state index contributed by atoms with van der Waals surface area (Å²) in [7, 11) is 0. The van der Waals surface area contributed by atoms with Crippen LogP contribution in [0.3, 0.4) is 0 Å². The topological polar surface area (TPSA) is 38.4 Å². The lowest BCUT2D eigenvalue weighted by Crippen LogP contribution is -2.15. The quantitative estimate of drug-likeness (QED) is 0.351. The zero-order valence-corrected chi connectivity index (χ0v) is 6.46. The van der Waals surface area contributed by atoms with Gasteiger partial charge in [0.25, 0.3) is 0 Å². The van der Waals surface area contributed by atoms with Crippen molar-refractivity contribution in [3.8, 4) is 0 Å². The van der Waals surface area contributed by atoms with Crippen LogP contribution in [0.15, 0.2) is 5.34 Å². The molecule has 0 N–H and O–H groups in total. The molecule has 66 valence electrons. The van der Waals surface area contributed by atoms with Crippen LogP contribution in [0.4, 0.5) is 8.87 Å². The molecule has 0 aromatic carbocycles. The van der Waals surface area contributed by atoms with Crippen molar-refractivity contribution in [2.24, 2.45) is 5.34 Å². The van der Waals surface area contributed by atoms with Crippen LogP contribution in [0.1, 0.15) is 26.2 Å². The normalized spacial score (nSPS) is 15.0. The molecule has 0 aliphatic carbocycles. The predicted molar refractivity (Wildman–Crippen MR) is 36.5 cm³/mol. The molecule has 0 aliphatic rings. The first-order valence-corrected chi connectivity index (χ1v) is 3.61. The summed E-state index contributed by atoms with van der Waals surface area (Å²) in [4.78, 5) is -0.277. The number of hydroxylamine groups is 1. The van der Waals surface area contributed by atoms with Crippen molar-refractivity contribution in [2.45, 2.75) is 32.4 Å². The van der Waals surface area contributed by atoms with Crippen LogP contribution in [-0.2, 0) is 0 Å². The summed E-state index contributed by atoms with van der Waals surface area (Å²) in [5, 5.41) is 11.9. The molecule has 0 aromatic rings. The monoisotopic (exact) mass is 166 g/mol. The third-order valence-electron chi connectivity index (χ3n) is 1.31. The number of rotatable bonds is 5. The number of hydrogen-bond acceptors (Lipinski definition) is 2. The van der Waals surface area contributed by atoms with Crippen LogP contribution in [0.5, 0.6) is 0 Å². The van der Waals surface area contributed by atoms with Crippen LogP contribution in [0.2, 0.25) is 0 Å². The largest absolute Gasteiger partial charge is 0.598 e. The summed E-state index contributed by atoms with van der Waals surface area (Å²) in [6, 6.07) is 0. The van der Waals surface area contributed by atoms with Crippen molar-refractivity contribution in [1.82, 2.24) is 0 Å². The van der Waals surface area contributed by atoms with Crippen LogP contribution in [-0.4, -0.2) is 17.6 Å². The number of hydrogen-bond donors (Lipinski definition) is 0. The summed E-state index contributed by atoms with van der Waals surface area (Å²) < 4.78 is 23.7. The molecule has 0 amide bonds. The van der Waals surface area contributed by atoms with E-state index in [1.165, 1.54) is 0 Å². The van der Waals surface area contributed by atoms with Gasteiger partial charge in [-0.1, -0.05) is 24.6 Å². The Hall–Kier alpha value is -0.740. The molecule has 0 bridgehead atoms. The smallest absolute Gasteiger partial charge is 0.214 e. The van der Waals surface area contributed by atoms with E-state index in [1.807, 2.05) is 6.92 Å². The molecule has 0 spiro atoms. The molecule has 11 heavy (non-hydrogen) atoms. The number of alkyl halides is 1. The lowest BCUT2D eigenvalue weighted by atomic mass is 10.2. The van der Waals surface area contributed by atoms with Gasteiger partial charge < -0.3 is 5.21 Å². The zero-order valence-electron chi connectivity index (χ0n) is 6.46. The van der Waals surface area contributed by atoms with E-state index in [0.717, 1.165) is 6.42 Å². The second-order valence-electron chi connectivity index (χ2n) is 2.35. The Morgan fingerprint density at radius 3 is 2.73 bits per heavy atom. The van der Waals surface area contributed by atoms with Gasteiger partial charge in [-0.15, -0.1) is 0 Å². The van der Waals surface area contributed by atoms with Crippen molar-refractivity contribution in [2.75, 3.05) is 6.54 Å². The third-order valence-corrected chi connectivity index (χ3v) is 1.31. The Bertz CT molecular complexity index is 130. The summed E-state index contributed by atoms with van der Waals surface area (Å²) in [5.74, 6) is 0. The second-order valence-corrected chi connectivity index (χ2v) is 2.35. The van der Waals surface area contributed by atoms with Crippen LogP contribution in [0, 0.1) is 5.21 Å². The first-order chi connectivity index (χ1) is 5.20. The minimum Gasteiger partial charge on any atom is -0.598 e. The van der Waals surface area contributed by atoms with Gasteiger partial charge in [0.15, 0.2) is 11.5 Å². The molecule has 0 saturated carbocycles. The predicted octanol–water partition coefficient (Wildman–Crippen LogP) is 2.36. The van der Waals surface area contributed by atoms with Gasteiger partial charge in [0, 0.05) is 0 Å². The fourth-order valence-electron chi connectivity index (χ4n) is 0.717. The maximum absolute atomic E-state index is 12.6. The summed E-state index contributed by atoms with van der Waals surface area (Å²) in [6.45, 7) is 1.41. The second kappa shape index (κ2) is 6.00. The minimum atomic E-state index is -1.27.